The van der Waals surface area contributed by atoms with Crippen molar-refractivity contribution in [3.63, 3.8) is 0 Å². The number of hydrogen-bond donors (Lipinski definition) is 0. The van der Waals surface area contributed by atoms with Crippen LogP contribution in [0.2, 0.25) is 5.02 Å². The van der Waals surface area contributed by atoms with Crippen molar-refractivity contribution in [3.8, 4) is 5.75 Å². The van der Waals surface area contributed by atoms with Crippen molar-refractivity contribution in [2.75, 3.05) is 6.54 Å². The third-order valence-corrected chi connectivity index (χ3v) is 5.35. The van der Waals surface area contributed by atoms with Crippen LogP contribution in [0.5, 0.6) is 5.75 Å². The zero-order chi connectivity index (χ0) is 21.8. The number of allylic oxidation sites excluding steroid dienone is 1. The van der Waals surface area contributed by atoms with Crippen molar-refractivity contribution in [2.24, 2.45) is 4.99 Å². The lowest BCUT2D eigenvalue weighted by Gasteiger charge is -2.17. The number of rotatable bonds is 5. The summed E-state index contributed by atoms with van der Waals surface area (Å²) >= 11 is 6.21. The molecular weight excluding hydrogens is 423 g/mol. The number of benzene rings is 3. The number of ether oxygens (including phenoxy) is 1. The number of fused-ring (bicyclic) bond motifs is 1. The fourth-order valence-electron chi connectivity index (χ4n) is 3.42. The van der Waals surface area contributed by atoms with Crippen LogP contribution in [0.25, 0.3) is 6.08 Å². The van der Waals surface area contributed by atoms with Gasteiger partial charge in [-0.1, -0.05) is 48.0 Å². The minimum Gasteiger partial charge on any atom is -0.489 e. The number of aliphatic imine (C=N–C) groups is 1. The standard InChI is InChI=1S/C25H19ClF3NO/c26-23-7-2-1-5-18(23)8-11-24-22-10-9-21(15-19(22)12-13-30-24)31-16-17-4-3-6-20(14-17)25(27,28)29/h1-11,14-15H,12-13,16H2/b11-8+. The van der Waals surface area contributed by atoms with E-state index < -0.39 is 11.7 Å². The molecule has 1 aliphatic rings. The van der Waals surface area contributed by atoms with Crippen LogP contribution >= 0.6 is 11.6 Å². The number of alkyl halides is 3. The molecule has 0 spiro atoms. The molecular formula is C25H19ClF3NO. The van der Waals surface area contributed by atoms with Crippen LogP contribution in [-0.4, -0.2) is 12.3 Å². The quantitative estimate of drug-likeness (QED) is 0.418. The highest BCUT2D eigenvalue weighted by atomic mass is 35.5. The van der Waals surface area contributed by atoms with Gasteiger partial charge in [0.05, 0.1) is 11.3 Å². The van der Waals surface area contributed by atoms with E-state index in [1.165, 1.54) is 6.07 Å². The molecule has 6 heteroatoms. The van der Waals surface area contributed by atoms with Crippen molar-refractivity contribution >= 4 is 23.4 Å². The molecule has 0 bridgehead atoms. The summed E-state index contributed by atoms with van der Waals surface area (Å²) in [5.74, 6) is 0.618. The first-order valence-electron chi connectivity index (χ1n) is 9.79. The Morgan fingerprint density at radius 3 is 2.61 bits per heavy atom. The van der Waals surface area contributed by atoms with Gasteiger partial charge in [0.15, 0.2) is 0 Å². The predicted octanol–water partition coefficient (Wildman–Crippen LogP) is 7.00. The molecule has 0 radical (unpaired) electrons. The summed E-state index contributed by atoms with van der Waals surface area (Å²) in [6.45, 7) is 0.725. The number of nitrogens with zero attached hydrogens (tertiary/aromatic N) is 1. The molecule has 2 nitrogen and oxygen atoms in total. The summed E-state index contributed by atoms with van der Waals surface area (Å²) in [5.41, 5.74) is 3.68. The lowest BCUT2D eigenvalue weighted by molar-refractivity contribution is -0.137. The van der Waals surface area contributed by atoms with E-state index in [-0.39, 0.29) is 6.61 Å². The second kappa shape index (κ2) is 8.98. The SMILES string of the molecule is FC(F)(F)c1cccc(COc2ccc3c(c2)CCN=C3/C=C/c2ccccc2Cl)c1. The van der Waals surface area contributed by atoms with E-state index in [1.54, 1.807) is 6.07 Å². The molecule has 0 saturated carbocycles. The van der Waals surface area contributed by atoms with Gasteiger partial charge in [-0.2, -0.15) is 13.2 Å². The Balaban J connectivity index is 1.48. The molecule has 0 aromatic heterocycles. The highest BCUT2D eigenvalue weighted by Gasteiger charge is 2.30. The monoisotopic (exact) mass is 441 g/mol. The minimum absolute atomic E-state index is 0.0655. The average Bonchev–Trinajstić information content (AvgIpc) is 2.76. The molecule has 0 unspecified atom stereocenters. The van der Waals surface area contributed by atoms with Gasteiger partial charge in [-0.25, -0.2) is 0 Å². The second-order valence-electron chi connectivity index (χ2n) is 7.18. The highest BCUT2D eigenvalue weighted by molar-refractivity contribution is 6.32. The molecule has 4 rings (SSSR count). The summed E-state index contributed by atoms with van der Waals surface area (Å²) < 4.78 is 44.4. The van der Waals surface area contributed by atoms with Crippen molar-refractivity contribution in [3.05, 3.63) is 106 Å². The Morgan fingerprint density at radius 1 is 0.968 bits per heavy atom. The third-order valence-electron chi connectivity index (χ3n) is 5.00. The lowest BCUT2D eigenvalue weighted by atomic mass is 9.96. The smallest absolute Gasteiger partial charge is 0.416 e. The molecule has 0 aliphatic carbocycles. The van der Waals surface area contributed by atoms with Gasteiger partial charge in [-0.3, -0.25) is 4.99 Å². The first-order valence-corrected chi connectivity index (χ1v) is 10.2. The Morgan fingerprint density at radius 2 is 1.81 bits per heavy atom. The Bertz CT molecular complexity index is 1150. The van der Waals surface area contributed by atoms with Gasteiger partial charge >= 0.3 is 6.18 Å². The van der Waals surface area contributed by atoms with Gasteiger partial charge in [0, 0.05) is 17.1 Å². The molecule has 1 heterocycles. The van der Waals surface area contributed by atoms with E-state index in [1.807, 2.05) is 54.6 Å². The van der Waals surface area contributed by atoms with Crippen LogP contribution in [-0.2, 0) is 19.2 Å². The van der Waals surface area contributed by atoms with E-state index in [4.69, 9.17) is 16.3 Å². The van der Waals surface area contributed by atoms with E-state index in [9.17, 15) is 13.2 Å². The first kappa shape index (κ1) is 21.2. The van der Waals surface area contributed by atoms with Crippen molar-refractivity contribution in [1.82, 2.24) is 0 Å². The van der Waals surface area contributed by atoms with E-state index >= 15 is 0 Å². The molecule has 0 atom stereocenters. The normalized spacial score (nSPS) is 13.7. The largest absolute Gasteiger partial charge is 0.489 e. The van der Waals surface area contributed by atoms with E-state index in [0.717, 1.165) is 41.0 Å². The molecule has 0 amide bonds. The summed E-state index contributed by atoms with van der Waals surface area (Å²) in [7, 11) is 0. The molecule has 0 N–H and O–H groups in total. The van der Waals surface area contributed by atoms with Gasteiger partial charge in [-0.15, -0.1) is 0 Å². The van der Waals surface area contributed by atoms with Gasteiger partial charge in [0.25, 0.3) is 0 Å². The van der Waals surface area contributed by atoms with Gasteiger partial charge < -0.3 is 4.74 Å². The van der Waals surface area contributed by atoms with Crippen LogP contribution in [0.1, 0.15) is 27.8 Å². The molecule has 3 aromatic carbocycles. The van der Waals surface area contributed by atoms with Crippen molar-refractivity contribution < 1.29 is 17.9 Å². The van der Waals surface area contributed by atoms with Gasteiger partial charge in [0.2, 0.25) is 0 Å². The topological polar surface area (TPSA) is 21.6 Å². The van der Waals surface area contributed by atoms with E-state index in [2.05, 4.69) is 4.99 Å². The molecule has 0 fully saturated rings. The third kappa shape index (κ3) is 5.17. The highest BCUT2D eigenvalue weighted by Crippen LogP contribution is 2.30. The van der Waals surface area contributed by atoms with Crippen molar-refractivity contribution in [2.45, 2.75) is 19.2 Å². The van der Waals surface area contributed by atoms with Crippen LogP contribution in [0.3, 0.4) is 0 Å². The van der Waals surface area contributed by atoms with Crippen LogP contribution in [0, 0.1) is 0 Å². The first-order chi connectivity index (χ1) is 14.9. The molecule has 1 aliphatic heterocycles. The number of halogens is 4. The zero-order valence-electron chi connectivity index (χ0n) is 16.5. The van der Waals surface area contributed by atoms with Gasteiger partial charge in [-0.05, 0) is 65.6 Å². The summed E-state index contributed by atoms with van der Waals surface area (Å²) in [6, 6.07) is 18.5. The molecule has 0 saturated heterocycles. The maximum Gasteiger partial charge on any atom is 0.416 e. The fourth-order valence-corrected chi connectivity index (χ4v) is 3.62. The zero-order valence-corrected chi connectivity index (χ0v) is 17.3. The molecule has 31 heavy (non-hydrogen) atoms. The second-order valence-corrected chi connectivity index (χ2v) is 7.58. The maximum atomic E-state index is 12.9. The number of hydrogen-bond acceptors (Lipinski definition) is 2. The Labute approximate surface area is 183 Å². The average molecular weight is 442 g/mol. The van der Waals surface area contributed by atoms with Crippen LogP contribution < -0.4 is 4.74 Å². The van der Waals surface area contributed by atoms with Crippen LogP contribution in [0.4, 0.5) is 13.2 Å². The van der Waals surface area contributed by atoms with Gasteiger partial charge in [0.1, 0.15) is 12.4 Å². The van der Waals surface area contributed by atoms with E-state index in [0.29, 0.717) is 22.9 Å². The molecule has 3 aromatic rings. The summed E-state index contributed by atoms with van der Waals surface area (Å²) in [5, 5.41) is 0.675. The van der Waals surface area contributed by atoms with Crippen LogP contribution in [0.15, 0.2) is 77.8 Å². The maximum absolute atomic E-state index is 12.9. The molecule has 158 valence electrons. The fraction of sp³-hybridized carbons (Fsp3) is 0.160. The summed E-state index contributed by atoms with van der Waals surface area (Å²) in [6.07, 6.45) is 0.297. The summed E-state index contributed by atoms with van der Waals surface area (Å²) in [4.78, 5) is 4.61. The van der Waals surface area contributed by atoms with Crippen molar-refractivity contribution in [1.29, 1.82) is 0 Å². The minimum atomic E-state index is -4.37. The Hall–Kier alpha value is -3.05. The Kier molecular flexibility index (Phi) is 6.14. The predicted molar refractivity (Wildman–Crippen MR) is 118 cm³/mol. The lowest BCUT2D eigenvalue weighted by Crippen LogP contribution is -2.11.